The highest BCUT2D eigenvalue weighted by molar-refractivity contribution is 9.10. The van der Waals surface area contributed by atoms with Gasteiger partial charge in [0.25, 0.3) is 0 Å². The maximum Gasteiger partial charge on any atom is 0.148 e. The number of anilines is 2. The van der Waals surface area contributed by atoms with Crippen LogP contribution in [-0.2, 0) is 0 Å². The number of para-hydroxylation sites is 3. The number of nitrogens with zero attached hydrogens (tertiary/aromatic N) is 1. The lowest BCUT2D eigenvalue weighted by molar-refractivity contribution is 0.704. The number of nitrogens with one attached hydrogen (secondary N) is 1. The summed E-state index contributed by atoms with van der Waals surface area (Å²) in [6.45, 7) is 0. The Balaban J connectivity index is 1.17. The summed E-state index contributed by atoms with van der Waals surface area (Å²) in [6, 6.07) is 66.9. The normalized spacial score (nSPS) is 11.2. The average Bonchev–Trinajstić information content (AvgIpc) is 3.11. The van der Waals surface area contributed by atoms with E-state index in [-0.39, 0.29) is 0 Å². The second-order valence-electron chi connectivity index (χ2n) is 11.0. The highest BCUT2D eigenvalue weighted by Crippen LogP contribution is 2.51. The number of hydrogen-bond acceptors (Lipinski definition) is 1. The summed E-state index contributed by atoms with van der Waals surface area (Å²) in [7, 11) is 0. The monoisotopic (exact) mass is 643 g/mol. The lowest BCUT2D eigenvalue weighted by Gasteiger charge is -2.37. The van der Waals surface area contributed by atoms with Gasteiger partial charge in [-0.05, 0) is 70.8 Å². The second-order valence-corrected chi connectivity index (χ2v) is 11.9. The maximum atomic E-state index is 3.54. The molecule has 45 heavy (non-hydrogen) atoms. The molecule has 0 radical (unpaired) electrons. The Hall–Kier alpha value is -5.22. The second kappa shape index (κ2) is 12.8. The molecule has 0 fully saturated rings. The zero-order valence-corrected chi connectivity index (χ0v) is 26.3. The van der Waals surface area contributed by atoms with Crippen molar-refractivity contribution in [3.05, 3.63) is 193 Å². The largest absolute Gasteiger partial charge is 0.356 e. The number of hydrogen-bond donors (Lipinski definition) is 1. The molecule has 216 valence electrons. The molecule has 0 aromatic heterocycles. The minimum Gasteiger partial charge on any atom is -0.356 e. The maximum absolute atomic E-state index is 3.54. The topological polar surface area (TPSA) is 12.0 Å². The van der Waals surface area contributed by atoms with Crippen molar-refractivity contribution in [2.45, 2.75) is 0 Å². The number of rotatable bonds is 8. The van der Waals surface area contributed by atoms with Crippen molar-refractivity contribution in [1.82, 2.24) is 4.48 Å². The summed E-state index contributed by atoms with van der Waals surface area (Å²) in [6.07, 6.45) is 0. The Morgan fingerprint density at radius 3 is 0.956 bits per heavy atom. The predicted molar refractivity (Wildman–Crippen MR) is 195 cm³/mol. The Morgan fingerprint density at radius 1 is 0.311 bits per heavy atom. The third-order valence-corrected chi connectivity index (χ3v) is 8.78. The Bertz CT molecular complexity index is 1870. The van der Waals surface area contributed by atoms with Crippen LogP contribution in [0.3, 0.4) is 0 Å². The average molecular weight is 645 g/mol. The summed E-state index contributed by atoms with van der Waals surface area (Å²) in [5, 5.41) is 3.54. The van der Waals surface area contributed by atoms with Gasteiger partial charge in [-0.25, -0.2) is 0 Å². The van der Waals surface area contributed by atoms with Crippen LogP contribution in [0.4, 0.5) is 34.1 Å². The molecule has 1 N–H and O–H groups in total. The van der Waals surface area contributed by atoms with Crippen LogP contribution in [0.15, 0.2) is 193 Å². The van der Waals surface area contributed by atoms with E-state index in [1.165, 1.54) is 45.0 Å². The summed E-state index contributed by atoms with van der Waals surface area (Å²) < 4.78 is 1.58. The van der Waals surface area contributed by atoms with Crippen LogP contribution in [-0.4, -0.2) is 0 Å². The van der Waals surface area contributed by atoms with Crippen molar-refractivity contribution in [1.29, 1.82) is 0 Å². The van der Waals surface area contributed by atoms with E-state index in [2.05, 4.69) is 209 Å². The van der Waals surface area contributed by atoms with E-state index < -0.39 is 0 Å². The predicted octanol–water partition coefficient (Wildman–Crippen LogP) is 12.8. The number of quaternary nitrogens is 1. The molecule has 7 aromatic carbocycles. The van der Waals surface area contributed by atoms with Gasteiger partial charge in [0.1, 0.15) is 22.7 Å². The van der Waals surface area contributed by atoms with Crippen molar-refractivity contribution in [2.24, 2.45) is 0 Å². The van der Waals surface area contributed by atoms with Gasteiger partial charge in [-0.2, -0.15) is 4.48 Å². The van der Waals surface area contributed by atoms with Crippen molar-refractivity contribution >= 4 is 50.1 Å². The molecular weight excluding hydrogens is 612 g/mol. The van der Waals surface area contributed by atoms with Gasteiger partial charge >= 0.3 is 0 Å². The first kappa shape index (κ1) is 28.5. The van der Waals surface area contributed by atoms with Crippen molar-refractivity contribution < 1.29 is 0 Å². The fourth-order valence-electron chi connectivity index (χ4n) is 6.03. The third kappa shape index (κ3) is 5.84. The zero-order chi connectivity index (χ0) is 30.5. The van der Waals surface area contributed by atoms with Gasteiger partial charge in [0.15, 0.2) is 0 Å². The van der Waals surface area contributed by atoms with E-state index in [4.69, 9.17) is 0 Å². The highest BCUT2D eigenvalue weighted by atomic mass is 79.9. The van der Waals surface area contributed by atoms with Crippen LogP contribution in [0.2, 0.25) is 0 Å². The summed E-state index contributed by atoms with van der Waals surface area (Å²) >= 11 is 3.51. The molecule has 2 nitrogen and oxygen atoms in total. The SMILES string of the molecule is Brc1ccc(-c2ccc(Nc3ccc(-c4ccc([N+](c5ccccc5)(c5ccccc5)c5ccccc5)cc4)cc3)cc2)cc1. The van der Waals surface area contributed by atoms with Gasteiger partial charge in [0, 0.05) is 64.4 Å². The fourth-order valence-corrected chi connectivity index (χ4v) is 6.29. The Kier molecular flexibility index (Phi) is 8.11. The molecule has 0 spiro atoms. The van der Waals surface area contributed by atoms with Crippen molar-refractivity contribution in [3.63, 3.8) is 0 Å². The lowest BCUT2D eigenvalue weighted by atomic mass is 10.0. The van der Waals surface area contributed by atoms with Gasteiger partial charge in [-0.1, -0.05) is 107 Å². The van der Waals surface area contributed by atoms with Crippen LogP contribution in [0, 0.1) is 0 Å². The van der Waals surface area contributed by atoms with Gasteiger partial charge in [0.2, 0.25) is 0 Å². The van der Waals surface area contributed by atoms with Crippen LogP contribution in [0.1, 0.15) is 0 Å². The molecule has 0 saturated carbocycles. The van der Waals surface area contributed by atoms with Gasteiger partial charge < -0.3 is 5.32 Å². The van der Waals surface area contributed by atoms with E-state index in [9.17, 15) is 0 Å². The molecule has 0 aliphatic carbocycles. The van der Waals surface area contributed by atoms with Gasteiger partial charge in [-0.15, -0.1) is 0 Å². The van der Waals surface area contributed by atoms with Crippen molar-refractivity contribution in [2.75, 3.05) is 5.32 Å². The standard InChI is InChI=1S/C42H32BrN2/c43-36-24-16-32(17-25-36)33-18-26-37(27-19-33)44-38-28-20-34(21-29-38)35-22-30-42(31-23-35)45(39-10-4-1-5-11-39,40-12-6-2-7-13-40)41-14-8-3-9-15-41/h1-31,44H/q+1. The third-order valence-electron chi connectivity index (χ3n) is 8.25. The fraction of sp³-hybridized carbons (Fsp3) is 0. The molecule has 7 rings (SSSR count). The molecule has 0 amide bonds. The van der Waals surface area contributed by atoms with Crippen molar-refractivity contribution in [3.8, 4) is 22.3 Å². The van der Waals surface area contributed by atoms with Crippen LogP contribution >= 0.6 is 15.9 Å². The first-order valence-electron chi connectivity index (χ1n) is 15.1. The molecule has 7 aromatic rings. The molecule has 0 aliphatic rings. The minimum absolute atomic E-state index is 0.492. The minimum atomic E-state index is 0.492. The first-order valence-corrected chi connectivity index (χ1v) is 15.9. The number of benzene rings is 7. The van der Waals surface area contributed by atoms with Crippen LogP contribution in [0.5, 0.6) is 0 Å². The molecular formula is C42H32BrN2+. The summed E-state index contributed by atoms with van der Waals surface area (Å²) in [5.74, 6) is 0. The van der Waals surface area contributed by atoms with E-state index in [1.807, 2.05) is 0 Å². The first-order chi connectivity index (χ1) is 22.2. The Labute approximate surface area is 273 Å². The summed E-state index contributed by atoms with van der Waals surface area (Å²) in [4.78, 5) is 0. The van der Waals surface area contributed by atoms with E-state index in [0.717, 1.165) is 15.8 Å². The van der Waals surface area contributed by atoms with E-state index in [1.54, 1.807) is 0 Å². The summed E-state index contributed by atoms with van der Waals surface area (Å²) in [5.41, 5.74) is 11.6. The van der Waals surface area contributed by atoms with Crippen LogP contribution in [0.25, 0.3) is 22.3 Å². The quantitative estimate of drug-likeness (QED) is 0.162. The van der Waals surface area contributed by atoms with Gasteiger partial charge in [0.05, 0.1) is 0 Å². The smallest absolute Gasteiger partial charge is 0.148 e. The molecule has 0 saturated heterocycles. The Morgan fingerprint density at radius 2 is 0.600 bits per heavy atom. The molecule has 0 atom stereocenters. The van der Waals surface area contributed by atoms with E-state index >= 15 is 0 Å². The zero-order valence-electron chi connectivity index (χ0n) is 24.7. The molecule has 0 aliphatic heterocycles. The molecule has 0 unspecified atom stereocenters. The van der Waals surface area contributed by atoms with Crippen LogP contribution < -0.4 is 9.80 Å². The van der Waals surface area contributed by atoms with Gasteiger partial charge in [-0.3, -0.25) is 0 Å². The lowest BCUT2D eigenvalue weighted by Crippen LogP contribution is -2.33. The number of halogens is 1. The van der Waals surface area contributed by atoms with E-state index in [0.29, 0.717) is 4.48 Å². The molecule has 3 heteroatoms. The molecule has 0 heterocycles. The molecule has 0 bridgehead atoms. The highest BCUT2D eigenvalue weighted by Gasteiger charge is 2.38.